The van der Waals surface area contributed by atoms with Crippen LogP contribution in [0.5, 0.6) is 0 Å². The molecule has 0 bridgehead atoms. The van der Waals surface area contributed by atoms with E-state index in [-0.39, 0.29) is 11.6 Å². The minimum absolute atomic E-state index is 0.0619. The Hall–Kier alpha value is -1.06. The molecule has 0 rings (SSSR count). The van der Waals surface area contributed by atoms with Gasteiger partial charge in [-0.3, -0.25) is 0 Å². The molecule has 0 saturated carbocycles. The molecule has 11 heavy (non-hydrogen) atoms. The molecular weight excluding hydrogens is 146 g/mol. The molecule has 4 nitrogen and oxygen atoms in total. The van der Waals surface area contributed by atoms with Gasteiger partial charge in [-0.05, 0) is 6.92 Å². The fourth-order valence-corrected chi connectivity index (χ4v) is 0.597. The highest BCUT2D eigenvalue weighted by Gasteiger charge is 2.16. The quantitative estimate of drug-likeness (QED) is 0.289. The first kappa shape index (κ1) is 9.94. The van der Waals surface area contributed by atoms with Gasteiger partial charge in [-0.1, -0.05) is 19.0 Å². The topological polar surface area (TPSA) is 58.9 Å². The van der Waals surface area contributed by atoms with E-state index in [1.807, 2.05) is 0 Å². The van der Waals surface area contributed by atoms with Gasteiger partial charge < -0.3 is 9.94 Å². The molecule has 0 heterocycles. The Morgan fingerprint density at radius 1 is 1.64 bits per heavy atom. The monoisotopic (exact) mass is 159 g/mol. The van der Waals surface area contributed by atoms with Crippen LogP contribution in [0, 0.1) is 5.92 Å². The summed E-state index contributed by atoms with van der Waals surface area (Å²) < 4.78 is 4.63. The maximum atomic E-state index is 10.9. The van der Waals surface area contributed by atoms with Gasteiger partial charge >= 0.3 is 5.97 Å². The molecule has 0 aliphatic carbocycles. The summed E-state index contributed by atoms with van der Waals surface area (Å²) in [5.74, 6) is -0.663. The van der Waals surface area contributed by atoms with E-state index in [1.54, 1.807) is 20.8 Å². The molecule has 0 fully saturated rings. The summed E-state index contributed by atoms with van der Waals surface area (Å²) >= 11 is 0. The molecule has 0 spiro atoms. The molecular formula is C7H13NO3. The van der Waals surface area contributed by atoms with Gasteiger partial charge in [-0.2, -0.15) is 0 Å². The third-order valence-electron chi connectivity index (χ3n) is 1.14. The van der Waals surface area contributed by atoms with Crippen LogP contribution in [0.25, 0.3) is 0 Å². The van der Waals surface area contributed by atoms with Crippen LogP contribution < -0.4 is 0 Å². The normalized spacial score (nSPS) is 11.8. The Bertz CT molecular complexity index is 163. The van der Waals surface area contributed by atoms with E-state index < -0.39 is 5.97 Å². The van der Waals surface area contributed by atoms with Gasteiger partial charge in [0.1, 0.15) is 0 Å². The van der Waals surface area contributed by atoms with Crippen molar-refractivity contribution < 1.29 is 14.7 Å². The van der Waals surface area contributed by atoms with Crippen LogP contribution in [-0.4, -0.2) is 23.5 Å². The second-order valence-electron chi connectivity index (χ2n) is 2.36. The van der Waals surface area contributed by atoms with Gasteiger partial charge in [-0.15, -0.1) is 0 Å². The highest BCUT2D eigenvalue weighted by molar-refractivity contribution is 6.36. The smallest absolute Gasteiger partial charge is 0.356 e. The minimum Gasteiger partial charge on any atom is -0.461 e. The molecule has 0 aromatic heterocycles. The molecule has 1 N–H and O–H groups in total. The molecule has 64 valence electrons. The highest BCUT2D eigenvalue weighted by atomic mass is 16.5. The third-order valence-corrected chi connectivity index (χ3v) is 1.14. The number of ether oxygens (including phenoxy) is 1. The summed E-state index contributed by atoms with van der Waals surface area (Å²) in [5.41, 5.74) is 0.0619. The first-order chi connectivity index (χ1) is 5.13. The second-order valence-corrected chi connectivity index (χ2v) is 2.36. The van der Waals surface area contributed by atoms with Crippen LogP contribution in [0.1, 0.15) is 20.8 Å². The molecule has 0 atom stereocenters. The molecule has 0 amide bonds. The van der Waals surface area contributed by atoms with E-state index in [0.29, 0.717) is 6.61 Å². The Balaban J connectivity index is 4.17. The molecule has 0 saturated heterocycles. The van der Waals surface area contributed by atoms with Crippen LogP contribution in [0.3, 0.4) is 0 Å². The molecule has 0 radical (unpaired) electrons. The van der Waals surface area contributed by atoms with Gasteiger partial charge in [0.25, 0.3) is 0 Å². The summed E-state index contributed by atoms with van der Waals surface area (Å²) in [6, 6.07) is 0. The van der Waals surface area contributed by atoms with Crippen molar-refractivity contribution in [3.63, 3.8) is 0 Å². The fourth-order valence-electron chi connectivity index (χ4n) is 0.597. The Labute approximate surface area is 65.8 Å². The predicted octanol–water partition coefficient (Wildman–Crippen LogP) is 1.04. The molecule has 0 aliphatic heterocycles. The molecule has 4 heteroatoms. The predicted molar refractivity (Wildman–Crippen MR) is 40.7 cm³/mol. The zero-order valence-corrected chi connectivity index (χ0v) is 7.00. The van der Waals surface area contributed by atoms with Gasteiger partial charge in [0.2, 0.25) is 0 Å². The maximum Gasteiger partial charge on any atom is 0.356 e. The lowest BCUT2D eigenvalue weighted by molar-refractivity contribution is -0.135. The van der Waals surface area contributed by atoms with Gasteiger partial charge in [-0.25, -0.2) is 4.79 Å². The number of rotatable bonds is 3. The first-order valence-electron chi connectivity index (χ1n) is 3.52. The first-order valence-corrected chi connectivity index (χ1v) is 3.52. The molecule has 0 aliphatic rings. The average Bonchev–Trinajstić information content (AvgIpc) is 1.88. The zero-order chi connectivity index (χ0) is 8.85. The summed E-state index contributed by atoms with van der Waals surface area (Å²) in [6.07, 6.45) is 0. The summed E-state index contributed by atoms with van der Waals surface area (Å²) in [6.45, 7) is 5.51. The van der Waals surface area contributed by atoms with E-state index in [4.69, 9.17) is 5.21 Å². The number of hydrogen-bond donors (Lipinski definition) is 1. The third kappa shape index (κ3) is 3.02. The number of hydrogen-bond acceptors (Lipinski definition) is 4. The van der Waals surface area contributed by atoms with E-state index in [2.05, 4.69) is 9.89 Å². The SMILES string of the molecule is CCOC(=O)/C(=N\O)C(C)C. The minimum atomic E-state index is -0.551. The summed E-state index contributed by atoms with van der Waals surface area (Å²) in [4.78, 5) is 10.9. The number of carbonyl (C=O) groups is 1. The molecule has 0 unspecified atom stereocenters. The number of nitrogens with zero attached hydrogens (tertiary/aromatic N) is 1. The van der Waals surface area contributed by atoms with Gasteiger partial charge in [0.15, 0.2) is 5.71 Å². The van der Waals surface area contributed by atoms with Crippen molar-refractivity contribution in [3.8, 4) is 0 Å². The Morgan fingerprint density at radius 3 is 2.45 bits per heavy atom. The van der Waals surface area contributed by atoms with E-state index in [1.165, 1.54) is 0 Å². The fraction of sp³-hybridized carbons (Fsp3) is 0.714. The van der Waals surface area contributed by atoms with Crippen molar-refractivity contribution in [2.75, 3.05) is 6.61 Å². The number of esters is 1. The number of oxime groups is 1. The lowest BCUT2D eigenvalue weighted by Crippen LogP contribution is -2.22. The maximum absolute atomic E-state index is 10.9. The van der Waals surface area contributed by atoms with Crippen molar-refractivity contribution in [2.24, 2.45) is 11.1 Å². The summed E-state index contributed by atoms with van der Waals surface area (Å²) in [5, 5.41) is 11.2. The molecule has 0 aromatic carbocycles. The van der Waals surface area contributed by atoms with Crippen molar-refractivity contribution in [1.82, 2.24) is 0 Å². The lowest BCUT2D eigenvalue weighted by atomic mass is 10.1. The van der Waals surface area contributed by atoms with Crippen molar-refractivity contribution in [3.05, 3.63) is 0 Å². The molecule has 0 aromatic rings. The standard InChI is InChI=1S/C7H13NO3/c1-4-11-7(9)6(8-10)5(2)3/h5,10H,4H2,1-3H3/b8-6-. The van der Waals surface area contributed by atoms with E-state index in [0.717, 1.165) is 0 Å². The van der Waals surface area contributed by atoms with Crippen LogP contribution in [0.2, 0.25) is 0 Å². The van der Waals surface area contributed by atoms with Crippen LogP contribution in [-0.2, 0) is 9.53 Å². The van der Waals surface area contributed by atoms with Crippen LogP contribution >= 0.6 is 0 Å². The number of carbonyl (C=O) groups excluding carboxylic acids is 1. The van der Waals surface area contributed by atoms with Crippen molar-refractivity contribution >= 4 is 11.7 Å². The zero-order valence-electron chi connectivity index (χ0n) is 7.00. The Kier molecular flexibility index (Phi) is 4.26. The summed E-state index contributed by atoms with van der Waals surface area (Å²) in [7, 11) is 0. The second kappa shape index (κ2) is 4.71. The Morgan fingerprint density at radius 2 is 2.18 bits per heavy atom. The lowest BCUT2D eigenvalue weighted by Gasteiger charge is -2.05. The van der Waals surface area contributed by atoms with Gasteiger partial charge in [0, 0.05) is 5.92 Å². The van der Waals surface area contributed by atoms with Crippen LogP contribution in [0.15, 0.2) is 5.16 Å². The average molecular weight is 159 g/mol. The van der Waals surface area contributed by atoms with Crippen molar-refractivity contribution in [1.29, 1.82) is 0 Å². The van der Waals surface area contributed by atoms with Crippen LogP contribution in [0.4, 0.5) is 0 Å². The van der Waals surface area contributed by atoms with E-state index >= 15 is 0 Å². The van der Waals surface area contributed by atoms with Gasteiger partial charge in [0.05, 0.1) is 6.61 Å². The van der Waals surface area contributed by atoms with Crippen molar-refractivity contribution in [2.45, 2.75) is 20.8 Å². The largest absolute Gasteiger partial charge is 0.461 e. The highest BCUT2D eigenvalue weighted by Crippen LogP contribution is 1.98. The van der Waals surface area contributed by atoms with E-state index in [9.17, 15) is 4.79 Å².